The molecule has 1 aromatic carbocycles. The average Bonchev–Trinajstić information content (AvgIpc) is 3.26. The zero-order valence-electron chi connectivity index (χ0n) is 20.4. The van der Waals surface area contributed by atoms with Crippen LogP contribution in [0.15, 0.2) is 41.3 Å². The maximum Gasteiger partial charge on any atom is 0.301 e. The van der Waals surface area contributed by atoms with Crippen LogP contribution in [0.5, 0.6) is 0 Å². The quantitative estimate of drug-likeness (QED) is 0.522. The monoisotopic (exact) mass is 571 g/mol. The van der Waals surface area contributed by atoms with Crippen LogP contribution in [0.25, 0.3) is 0 Å². The van der Waals surface area contributed by atoms with Gasteiger partial charge in [-0.3, -0.25) is 4.79 Å². The highest BCUT2D eigenvalue weighted by Crippen LogP contribution is 2.37. The Hall–Kier alpha value is -2.42. The number of carbonyl (C=O) groups is 1. The summed E-state index contributed by atoms with van der Waals surface area (Å²) >= 11 is 6.09. The van der Waals surface area contributed by atoms with Crippen molar-refractivity contribution in [3.8, 4) is 0 Å². The maximum atomic E-state index is 15.1. The van der Waals surface area contributed by atoms with Gasteiger partial charge in [-0.25, -0.2) is 13.4 Å². The van der Waals surface area contributed by atoms with Gasteiger partial charge < -0.3 is 25.0 Å². The third kappa shape index (κ3) is 5.36. The van der Waals surface area contributed by atoms with E-state index in [0.29, 0.717) is 12.2 Å². The largest absolute Gasteiger partial charge is 0.376 e. The molecule has 0 spiro atoms. The lowest BCUT2D eigenvalue weighted by Gasteiger charge is -2.35. The van der Waals surface area contributed by atoms with E-state index < -0.39 is 22.0 Å². The molecule has 38 heavy (non-hydrogen) atoms. The number of ether oxygens (including phenoxy) is 2. The molecule has 1 amide bonds. The molecule has 2 atom stereocenters. The molecule has 0 aliphatic carbocycles. The summed E-state index contributed by atoms with van der Waals surface area (Å²) in [6.45, 7) is 1.22. The second-order valence-electron chi connectivity index (χ2n) is 9.45. The topological polar surface area (TPSA) is 118 Å². The van der Waals surface area contributed by atoms with Gasteiger partial charge in [0.05, 0.1) is 24.7 Å². The second kappa shape index (κ2) is 10.6. The van der Waals surface area contributed by atoms with Gasteiger partial charge in [-0.1, -0.05) is 11.6 Å². The van der Waals surface area contributed by atoms with Crippen molar-refractivity contribution in [1.29, 1.82) is 0 Å². The van der Waals surface area contributed by atoms with E-state index in [-0.39, 0.29) is 85.8 Å². The number of rotatable bonds is 6. The second-order valence-corrected chi connectivity index (χ2v) is 11.8. The number of nitrogens with two attached hydrogens (primary N) is 1. The van der Waals surface area contributed by atoms with Crippen molar-refractivity contribution in [2.75, 3.05) is 62.3 Å². The highest BCUT2D eigenvalue weighted by atomic mass is 35.5. The Balaban J connectivity index is 1.27. The summed E-state index contributed by atoms with van der Waals surface area (Å²) in [5.74, 6) is -3.21. The summed E-state index contributed by atoms with van der Waals surface area (Å²) in [6.07, 6.45) is -1.18. The first kappa shape index (κ1) is 27.2. The first-order valence-corrected chi connectivity index (χ1v) is 14.0. The number of pyridine rings is 1. The van der Waals surface area contributed by atoms with Crippen molar-refractivity contribution < 1.29 is 31.5 Å². The standard InChI is InChI=1S/C24H28ClF2N5O5S/c25-21-11-16(24(26,27)20-15-36-9-10-37-20)12-22(29-21)30-5-7-31(8-6-30)38(34,35)19-3-1-18(2-4-19)32-14-17(28)13-23(32)33/h1-4,11-12,17,20H,5-10,13-15,28H2/t17-,20+/m1/s1. The lowest BCUT2D eigenvalue weighted by molar-refractivity contribution is -0.199. The number of hydrogen-bond acceptors (Lipinski definition) is 8. The highest BCUT2D eigenvalue weighted by Gasteiger charge is 2.44. The fourth-order valence-electron chi connectivity index (χ4n) is 4.81. The molecule has 0 saturated carbocycles. The van der Waals surface area contributed by atoms with Gasteiger partial charge >= 0.3 is 5.92 Å². The van der Waals surface area contributed by atoms with Crippen LogP contribution in [-0.2, 0) is 30.2 Å². The number of anilines is 2. The number of halogens is 3. The van der Waals surface area contributed by atoms with Crippen LogP contribution >= 0.6 is 11.6 Å². The maximum absolute atomic E-state index is 15.1. The third-order valence-corrected chi connectivity index (χ3v) is 9.00. The summed E-state index contributed by atoms with van der Waals surface area (Å²) in [5.41, 5.74) is 6.10. The van der Waals surface area contributed by atoms with Crippen molar-refractivity contribution in [3.05, 3.63) is 47.1 Å². The lowest BCUT2D eigenvalue weighted by Crippen LogP contribution is -2.49. The van der Waals surface area contributed by atoms with Crippen molar-refractivity contribution in [1.82, 2.24) is 9.29 Å². The van der Waals surface area contributed by atoms with Gasteiger partial charge in [-0.15, -0.1) is 0 Å². The Morgan fingerprint density at radius 1 is 1.08 bits per heavy atom. The molecule has 1 aromatic heterocycles. The number of nitrogens with zero attached hydrogens (tertiary/aromatic N) is 4. The van der Waals surface area contributed by atoms with Gasteiger partial charge in [0.2, 0.25) is 15.9 Å². The fraction of sp³-hybridized carbons (Fsp3) is 0.500. The molecule has 3 fully saturated rings. The molecule has 14 heteroatoms. The van der Waals surface area contributed by atoms with Crippen LogP contribution in [0, 0.1) is 0 Å². The zero-order chi connectivity index (χ0) is 27.1. The minimum atomic E-state index is -3.80. The number of piperazine rings is 1. The van der Waals surface area contributed by atoms with Crippen LogP contribution in [0.1, 0.15) is 12.0 Å². The van der Waals surface area contributed by atoms with Gasteiger partial charge in [0, 0.05) is 56.4 Å². The molecule has 2 N–H and O–H groups in total. The molecule has 3 aliphatic heterocycles. The van der Waals surface area contributed by atoms with E-state index in [1.54, 1.807) is 21.9 Å². The number of sulfonamides is 1. The molecular formula is C24H28ClF2N5O5S. The van der Waals surface area contributed by atoms with Crippen molar-refractivity contribution >= 4 is 39.0 Å². The smallest absolute Gasteiger partial charge is 0.301 e. The molecule has 3 saturated heterocycles. The normalized spacial score (nSPS) is 23.7. The summed E-state index contributed by atoms with van der Waals surface area (Å²) in [7, 11) is -3.80. The predicted octanol–water partition coefficient (Wildman–Crippen LogP) is 1.82. The van der Waals surface area contributed by atoms with Gasteiger partial charge in [-0.2, -0.15) is 13.1 Å². The number of amides is 1. The van der Waals surface area contributed by atoms with Gasteiger partial charge in [-0.05, 0) is 36.4 Å². The Morgan fingerprint density at radius 3 is 2.39 bits per heavy atom. The van der Waals surface area contributed by atoms with Crippen LogP contribution < -0.4 is 15.5 Å². The SMILES string of the molecule is N[C@@H]1CC(=O)N(c2ccc(S(=O)(=O)N3CCN(c4cc(C(F)(F)[C@@H]5COCCO5)cc(Cl)n4)CC3)cc2)C1. The van der Waals surface area contributed by atoms with Crippen LogP contribution in [0.4, 0.5) is 20.3 Å². The first-order chi connectivity index (χ1) is 18.1. The van der Waals surface area contributed by atoms with Gasteiger partial charge in [0.25, 0.3) is 0 Å². The Bertz CT molecular complexity index is 1290. The average molecular weight is 572 g/mol. The Morgan fingerprint density at radius 2 is 1.79 bits per heavy atom. The molecule has 4 heterocycles. The minimum Gasteiger partial charge on any atom is -0.376 e. The van der Waals surface area contributed by atoms with Crippen LogP contribution in [-0.4, -0.2) is 88.3 Å². The molecule has 10 nitrogen and oxygen atoms in total. The molecular weight excluding hydrogens is 544 g/mol. The number of aromatic nitrogens is 1. The number of carbonyl (C=O) groups excluding carboxylic acids is 1. The Labute approximate surface area is 224 Å². The lowest BCUT2D eigenvalue weighted by atomic mass is 10.0. The van der Waals surface area contributed by atoms with Crippen molar-refractivity contribution in [2.24, 2.45) is 5.73 Å². The van der Waals surface area contributed by atoms with Gasteiger partial charge in [0.15, 0.2) is 0 Å². The molecule has 0 radical (unpaired) electrons. The van der Waals surface area contributed by atoms with E-state index in [4.69, 9.17) is 26.8 Å². The number of alkyl halides is 2. The molecule has 0 bridgehead atoms. The number of benzene rings is 1. The molecule has 0 unspecified atom stereocenters. The van der Waals surface area contributed by atoms with E-state index >= 15 is 8.78 Å². The predicted molar refractivity (Wildman–Crippen MR) is 136 cm³/mol. The van der Waals surface area contributed by atoms with E-state index in [2.05, 4.69) is 4.98 Å². The van der Waals surface area contributed by atoms with E-state index in [0.717, 1.165) is 6.07 Å². The van der Waals surface area contributed by atoms with Crippen LogP contribution in [0.3, 0.4) is 0 Å². The Kier molecular flexibility index (Phi) is 7.59. The van der Waals surface area contributed by atoms with Crippen LogP contribution in [0.2, 0.25) is 5.15 Å². The van der Waals surface area contributed by atoms with E-state index in [1.165, 1.54) is 22.5 Å². The zero-order valence-corrected chi connectivity index (χ0v) is 22.0. The molecule has 5 rings (SSSR count). The highest BCUT2D eigenvalue weighted by molar-refractivity contribution is 7.89. The minimum absolute atomic E-state index is 0.0790. The van der Waals surface area contributed by atoms with Crippen molar-refractivity contribution in [2.45, 2.75) is 29.4 Å². The first-order valence-electron chi connectivity index (χ1n) is 12.2. The molecule has 2 aromatic rings. The van der Waals surface area contributed by atoms with Crippen molar-refractivity contribution in [3.63, 3.8) is 0 Å². The number of hydrogen-bond donors (Lipinski definition) is 1. The summed E-state index contributed by atoms with van der Waals surface area (Å²) in [6, 6.07) is 8.26. The third-order valence-electron chi connectivity index (χ3n) is 6.89. The summed E-state index contributed by atoms with van der Waals surface area (Å²) in [4.78, 5) is 19.7. The summed E-state index contributed by atoms with van der Waals surface area (Å²) < 4.78 is 68.4. The summed E-state index contributed by atoms with van der Waals surface area (Å²) in [5, 5.41) is -0.0958. The van der Waals surface area contributed by atoms with E-state index in [9.17, 15) is 13.2 Å². The van der Waals surface area contributed by atoms with E-state index in [1.807, 2.05) is 0 Å². The van der Waals surface area contributed by atoms with Gasteiger partial charge in [0.1, 0.15) is 17.1 Å². The fourth-order valence-corrected chi connectivity index (χ4v) is 6.44. The molecule has 206 valence electrons. The molecule has 3 aliphatic rings.